The van der Waals surface area contributed by atoms with Gasteiger partial charge >= 0.3 is 0 Å². The normalized spacial score (nSPS) is 10.0. The fraction of sp³-hybridized carbons (Fsp3) is 0.364. The molecule has 0 aromatic heterocycles. The predicted octanol–water partition coefficient (Wildman–Crippen LogP) is 1.68. The lowest BCUT2D eigenvalue weighted by molar-refractivity contribution is -0.120. The molecule has 2 N–H and O–H groups in total. The molecule has 0 fully saturated rings. The fourth-order valence-electron chi connectivity index (χ4n) is 1.13. The van der Waals surface area contributed by atoms with Crippen LogP contribution in [0.1, 0.15) is 12.5 Å². The van der Waals surface area contributed by atoms with Crippen molar-refractivity contribution in [1.82, 2.24) is 0 Å². The van der Waals surface area contributed by atoms with Gasteiger partial charge < -0.3 is 15.2 Å². The number of hydrogen-bond acceptors (Lipinski definition) is 3. The Labute approximate surface area is 88.9 Å². The van der Waals surface area contributed by atoms with Gasteiger partial charge in [-0.2, -0.15) is 0 Å². The number of phenols is 1. The summed E-state index contributed by atoms with van der Waals surface area (Å²) in [6.07, 6.45) is 0. The maximum atomic E-state index is 11.3. The molecule has 4 nitrogen and oxygen atoms in total. The van der Waals surface area contributed by atoms with E-state index in [4.69, 9.17) is 4.74 Å². The highest BCUT2D eigenvalue weighted by molar-refractivity contribution is 5.91. The third kappa shape index (κ3) is 3.59. The molecule has 0 aliphatic carbocycles. The monoisotopic (exact) mass is 209 g/mol. The van der Waals surface area contributed by atoms with E-state index in [0.29, 0.717) is 12.3 Å². The Morgan fingerprint density at radius 2 is 2.27 bits per heavy atom. The van der Waals surface area contributed by atoms with E-state index in [-0.39, 0.29) is 18.3 Å². The zero-order valence-corrected chi connectivity index (χ0v) is 8.91. The standard InChI is InChI=1S/C11H15NO3/c1-3-15-7-11(14)12-9-4-5-10(13)8(2)6-9/h4-6,13H,3,7H2,1-2H3,(H,12,14). The molecule has 0 saturated heterocycles. The SMILES string of the molecule is CCOCC(=O)Nc1ccc(O)c(C)c1. The van der Waals surface area contributed by atoms with Crippen molar-refractivity contribution < 1.29 is 14.6 Å². The number of amides is 1. The van der Waals surface area contributed by atoms with Gasteiger partial charge in [-0.05, 0) is 37.6 Å². The molecule has 0 atom stereocenters. The smallest absolute Gasteiger partial charge is 0.250 e. The fourth-order valence-corrected chi connectivity index (χ4v) is 1.13. The van der Waals surface area contributed by atoms with E-state index in [9.17, 15) is 9.90 Å². The summed E-state index contributed by atoms with van der Waals surface area (Å²) in [5.41, 5.74) is 1.39. The molecule has 0 bridgehead atoms. The highest BCUT2D eigenvalue weighted by atomic mass is 16.5. The quantitative estimate of drug-likeness (QED) is 0.742. The number of nitrogens with one attached hydrogen (secondary N) is 1. The van der Waals surface area contributed by atoms with Crippen LogP contribution in [0.5, 0.6) is 5.75 Å². The van der Waals surface area contributed by atoms with Crippen LogP contribution in [0.2, 0.25) is 0 Å². The van der Waals surface area contributed by atoms with E-state index in [1.165, 1.54) is 0 Å². The van der Waals surface area contributed by atoms with Crippen LogP contribution in [0.3, 0.4) is 0 Å². The number of benzene rings is 1. The molecule has 0 heterocycles. The molecule has 0 saturated carbocycles. The van der Waals surface area contributed by atoms with Gasteiger partial charge in [0.1, 0.15) is 12.4 Å². The van der Waals surface area contributed by atoms with Crippen LogP contribution in [0.15, 0.2) is 18.2 Å². The van der Waals surface area contributed by atoms with Gasteiger partial charge in [-0.3, -0.25) is 4.79 Å². The lowest BCUT2D eigenvalue weighted by Gasteiger charge is -2.06. The maximum Gasteiger partial charge on any atom is 0.250 e. The van der Waals surface area contributed by atoms with Gasteiger partial charge in [0.05, 0.1) is 0 Å². The molecule has 1 rings (SSSR count). The molecule has 0 spiro atoms. The molecular weight excluding hydrogens is 194 g/mol. The van der Waals surface area contributed by atoms with Crippen LogP contribution >= 0.6 is 0 Å². The first-order valence-corrected chi connectivity index (χ1v) is 4.80. The van der Waals surface area contributed by atoms with Crippen molar-refractivity contribution in [1.29, 1.82) is 0 Å². The van der Waals surface area contributed by atoms with Crippen molar-refractivity contribution in [3.8, 4) is 5.75 Å². The average Bonchev–Trinajstić information content (AvgIpc) is 2.20. The number of carbonyl (C=O) groups is 1. The summed E-state index contributed by atoms with van der Waals surface area (Å²) in [5, 5.41) is 12.0. The first-order valence-electron chi connectivity index (χ1n) is 4.80. The molecule has 82 valence electrons. The second kappa shape index (κ2) is 5.36. The van der Waals surface area contributed by atoms with Gasteiger partial charge in [-0.15, -0.1) is 0 Å². The zero-order valence-electron chi connectivity index (χ0n) is 8.91. The van der Waals surface area contributed by atoms with E-state index in [1.54, 1.807) is 25.1 Å². The van der Waals surface area contributed by atoms with Gasteiger partial charge in [0.25, 0.3) is 0 Å². The van der Waals surface area contributed by atoms with Crippen LogP contribution in [-0.4, -0.2) is 24.2 Å². The molecule has 0 aliphatic heterocycles. The van der Waals surface area contributed by atoms with Crippen LogP contribution < -0.4 is 5.32 Å². The molecule has 4 heteroatoms. The van der Waals surface area contributed by atoms with E-state index >= 15 is 0 Å². The summed E-state index contributed by atoms with van der Waals surface area (Å²) in [6.45, 7) is 4.17. The zero-order chi connectivity index (χ0) is 11.3. The Bertz CT molecular complexity index is 350. The van der Waals surface area contributed by atoms with Crippen LogP contribution in [0.4, 0.5) is 5.69 Å². The maximum absolute atomic E-state index is 11.3. The van der Waals surface area contributed by atoms with Gasteiger partial charge in [0.2, 0.25) is 5.91 Å². The number of phenolic OH excluding ortho intramolecular Hbond substituents is 1. The Hall–Kier alpha value is -1.55. The second-order valence-electron chi connectivity index (χ2n) is 3.19. The van der Waals surface area contributed by atoms with Gasteiger partial charge in [0, 0.05) is 12.3 Å². The molecule has 15 heavy (non-hydrogen) atoms. The number of hydrogen-bond donors (Lipinski definition) is 2. The molecule has 0 radical (unpaired) electrons. The molecular formula is C11H15NO3. The van der Waals surface area contributed by atoms with Crippen molar-refractivity contribution in [3.05, 3.63) is 23.8 Å². The Balaban J connectivity index is 2.57. The third-order valence-electron chi connectivity index (χ3n) is 1.92. The minimum Gasteiger partial charge on any atom is -0.508 e. The molecule has 1 aromatic carbocycles. The number of aromatic hydroxyl groups is 1. The Morgan fingerprint density at radius 1 is 1.53 bits per heavy atom. The van der Waals surface area contributed by atoms with Crippen molar-refractivity contribution in [2.24, 2.45) is 0 Å². The summed E-state index contributed by atoms with van der Waals surface area (Å²) >= 11 is 0. The summed E-state index contributed by atoms with van der Waals surface area (Å²) < 4.78 is 4.96. The third-order valence-corrected chi connectivity index (χ3v) is 1.92. The van der Waals surface area contributed by atoms with E-state index < -0.39 is 0 Å². The van der Waals surface area contributed by atoms with Crippen LogP contribution in [-0.2, 0) is 9.53 Å². The number of carbonyl (C=O) groups excluding carboxylic acids is 1. The van der Waals surface area contributed by atoms with E-state index in [0.717, 1.165) is 5.56 Å². The summed E-state index contributed by atoms with van der Waals surface area (Å²) in [5.74, 6) is 0.0275. The number of rotatable bonds is 4. The Kier molecular flexibility index (Phi) is 4.12. The predicted molar refractivity (Wildman–Crippen MR) is 58.0 cm³/mol. The lowest BCUT2D eigenvalue weighted by Crippen LogP contribution is -2.18. The first kappa shape index (κ1) is 11.5. The minimum absolute atomic E-state index is 0.0520. The Morgan fingerprint density at radius 3 is 2.87 bits per heavy atom. The highest BCUT2D eigenvalue weighted by Crippen LogP contribution is 2.19. The number of ether oxygens (including phenoxy) is 1. The molecule has 0 unspecified atom stereocenters. The molecule has 1 amide bonds. The molecule has 1 aromatic rings. The lowest BCUT2D eigenvalue weighted by atomic mass is 10.2. The molecule has 0 aliphatic rings. The first-order chi connectivity index (χ1) is 7.13. The van der Waals surface area contributed by atoms with Crippen molar-refractivity contribution in [3.63, 3.8) is 0 Å². The summed E-state index contributed by atoms with van der Waals surface area (Å²) in [7, 11) is 0. The topological polar surface area (TPSA) is 58.6 Å². The number of aryl methyl sites for hydroxylation is 1. The highest BCUT2D eigenvalue weighted by Gasteiger charge is 2.03. The largest absolute Gasteiger partial charge is 0.508 e. The van der Waals surface area contributed by atoms with Crippen LogP contribution in [0, 0.1) is 6.92 Å². The van der Waals surface area contributed by atoms with Crippen molar-refractivity contribution in [2.45, 2.75) is 13.8 Å². The summed E-state index contributed by atoms with van der Waals surface area (Å²) in [6, 6.07) is 4.90. The second-order valence-corrected chi connectivity index (χ2v) is 3.19. The minimum atomic E-state index is -0.193. The summed E-state index contributed by atoms with van der Waals surface area (Å²) in [4.78, 5) is 11.3. The average molecular weight is 209 g/mol. The van der Waals surface area contributed by atoms with Crippen LogP contribution in [0.25, 0.3) is 0 Å². The van der Waals surface area contributed by atoms with E-state index in [2.05, 4.69) is 5.32 Å². The van der Waals surface area contributed by atoms with E-state index in [1.807, 2.05) is 6.92 Å². The van der Waals surface area contributed by atoms with Gasteiger partial charge in [-0.1, -0.05) is 0 Å². The van der Waals surface area contributed by atoms with Crippen molar-refractivity contribution in [2.75, 3.05) is 18.5 Å². The van der Waals surface area contributed by atoms with Gasteiger partial charge in [0.15, 0.2) is 0 Å². The number of anilines is 1. The van der Waals surface area contributed by atoms with Crippen molar-refractivity contribution >= 4 is 11.6 Å². The van der Waals surface area contributed by atoms with Gasteiger partial charge in [-0.25, -0.2) is 0 Å².